The van der Waals surface area contributed by atoms with Crippen LogP contribution >= 0.6 is 0 Å². The Morgan fingerprint density at radius 3 is 2.57 bits per heavy atom. The lowest BCUT2D eigenvalue weighted by Crippen LogP contribution is -2.25. The second-order valence-corrected chi connectivity index (χ2v) is 3.29. The molecule has 0 amide bonds. The Labute approximate surface area is 86.5 Å². The minimum atomic E-state index is -0.224. The second kappa shape index (κ2) is 7.56. The standard InChI is InChI=1S/C11H21NO2/c1-5-9(3)12-8-7-10(6-2)11(13)14-4/h7,9,12H,5-6,8H2,1-4H3/b10-7-. The summed E-state index contributed by atoms with van der Waals surface area (Å²) in [6.07, 6.45) is 3.71. The number of ether oxygens (including phenoxy) is 1. The molecule has 0 aromatic rings. The third kappa shape index (κ3) is 5.02. The maximum Gasteiger partial charge on any atom is 0.333 e. The Balaban J connectivity index is 3.99. The molecular weight excluding hydrogens is 178 g/mol. The van der Waals surface area contributed by atoms with Gasteiger partial charge >= 0.3 is 5.97 Å². The minimum Gasteiger partial charge on any atom is -0.466 e. The highest BCUT2D eigenvalue weighted by Crippen LogP contribution is 2.02. The quantitative estimate of drug-likeness (QED) is 0.524. The predicted octanol–water partition coefficient (Wildman–Crippen LogP) is 1.88. The average molecular weight is 199 g/mol. The summed E-state index contributed by atoms with van der Waals surface area (Å²) in [5.74, 6) is -0.224. The molecule has 0 spiro atoms. The van der Waals surface area contributed by atoms with E-state index in [0.717, 1.165) is 25.0 Å². The molecule has 0 bridgehead atoms. The number of rotatable bonds is 6. The van der Waals surface area contributed by atoms with Crippen LogP contribution in [-0.2, 0) is 9.53 Å². The number of methoxy groups -OCH3 is 1. The van der Waals surface area contributed by atoms with Gasteiger partial charge in [-0.1, -0.05) is 19.9 Å². The zero-order valence-electron chi connectivity index (χ0n) is 9.59. The Kier molecular flexibility index (Phi) is 7.11. The van der Waals surface area contributed by atoms with E-state index in [1.54, 1.807) is 0 Å². The molecule has 0 aromatic carbocycles. The van der Waals surface area contributed by atoms with Crippen LogP contribution in [0.2, 0.25) is 0 Å². The molecule has 1 unspecified atom stereocenters. The third-order valence-electron chi connectivity index (χ3n) is 2.26. The van der Waals surface area contributed by atoms with Crippen LogP contribution < -0.4 is 5.32 Å². The normalized spacial score (nSPS) is 13.9. The fourth-order valence-corrected chi connectivity index (χ4v) is 1.03. The molecule has 0 aliphatic heterocycles. The summed E-state index contributed by atoms with van der Waals surface area (Å²) in [7, 11) is 1.41. The summed E-state index contributed by atoms with van der Waals surface area (Å²) in [5, 5.41) is 3.29. The van der Waals surface area contributed by atoms with Crippen LogP contribution in [0.4, 0.5) is 0 Å². The maximum atomic E-state index is 11.2. The van der Waals surface area contributed by atoms with Gasteiger partial charge in [0.25, 0.3) is 0 Å². The molecule has 0 saturated heterocycles. The predicted molar refractivity (Wildman–Crippen MR) is 58.1 cm³/mol. The molecule has 82 valence electrons. The highest BCUT2D eigenvalue weighted by atomic mass is 16.5. The van der Waals surface area contributed by atoms with Crippen molar-refractivity contribution in [1.29, 1.82) is 0 Å². The lowest BCUT2D eigenvalue weighted by molar-refractivity contribution is -0.136. The SMILES string of the molecule is CC/C(=C/CNC(C)CC)C(=O)OC. The zero-order chi connectivity index (χ0) is 11.0. The fraction of sp³-hybridized carbons (Fsp3) is 0.727. The largest absolute Gasteiger partial charge is 0.466 e. The number of nitrogens with one attached hydrogen (secondary N) is 1. The average Bonchev–Trinajstić information content (AvgIpc) is 2.22. The van der Waals surface area contributed by atoms with Crippen LogP contribution in [-0.4, -0.2) is 25.7 Å². The molecule has 3 nitrogen and oxygen atoms in total. The summed E-state index contributed by atoms with van der Waals surface area (Å²) in [6, 6.07) is 0.488. The van der Waals surface area contributed by atoms with Crippen LogP contribution in [0.15, 0.2) is 11.6 Å². The van der Waals surface area contributed by atoms with Crippen molar-refractivity contribution in [3.8, 4) is 0 Å². The van der Waals surface area contributed by atoms with Gasteiger partial charge in [-0.15, -0.1) is 0 Å². The molecule has 0 fully saturated rings. The summed E-state index contributed by atoms with van der Waals surface area (Å²) in [5.41, 5.74) is 0.739. The van der Waals surface area contributed by atoms with Crippen molar-refractivity contribution in [3.63, 3.8) is 0 Å². The highest BCUT2D eigenvalue weighted by Gasteiger charge is 2.05. The van der Waals surface area contributed by atoms with Gasteiger partial charge in [0, 0.05) is 18.2 Å². The number of hydrogen-bond acceptors (Lipinski definition) is 3. The van der Waals surface area contributed by atoms with E-state index in [0.29, 0.717) is 6.04 Å². The van der Waals surface area contributed by atoms with E-state index >= 15 is 0 Å². The van der Waals surface area contributed by atoms with Crippen molar-refractivity contribution in [2.75, 3.05) is 13.7 Å². The smallest absolute Gasteiger partial charge is 0.333 e. The van der Waals surface area contributed by atoms with E-state index in [2.05, 4.69) is 23.9 Å². The van der Waals surface area contributed by atoms with Crippen LogP contribution in [0.3, 0.4) is 0 Å². The number of hydrogen-bond donors (Lipinski definition) is 1. The molecule has 1 atom stereocenters. The molecular formula is C11H21NO2. The third-order valence-corrected chi connectivity index (χ3v) is 2.26. The van der Waals surface area contributed by atoms with E-state index in [9.17, 15) is 4.79 Å². The highest BCUT2D eigenvalue weighted by molar-refractivity contribution is 5.88. The first-order chi connectivity index (χ1) is 6.65. The molecule has 0 aliphatic rings. The van der Waals surface area contributed by atoms with Crippen LogP contribution in [0.5, 0.6) is 0 Å². The first-order valence-electron chi connectivity index (χ1n) is 5.16. The van der Waals surface area contributed by atoms with Gasteiger partial charge in [-0.2, -0.15) is 0 Å². The fourth-order valence-electron chi connectivity index (χ4n) is 1.03. The first-order valence-corrected chi connectivity index (χ1v) is 5.16. The molecule has 0 aliphatic carbocycles. The van der Waals surface area contributed by atoms with Gasteiger partial charge < -0.3 is 10.1 Å². The van der Waals surface area contributed by atoms with Gasteiger partial charge in [-0.25, -0.2) is 4.79 Å². The number of esters is 1. The number of carbonyl (C=O) groups excluding carboxylic acids is 1. The maximum absolute atomic E-state index is 11.2. The van der Waals surface area contributed by atoms with E-state index in [-0.39, 0.29) is 5.97 Å². The van der Waals surface area contributed by atoms with E-state index in [1.165, 1.54) is 7.11 Å². The van der Waals surface area contributed by atoms with Crippen molar-refractivity contribution >= 4 is 5.97 Å². The van der Waals surface area contributed by atoms with Crippen LogP contribution in [0, 0.1) is 0 Å². The van der Waals surface area contributed by atoms with E-state index in [1.807, 2.05) is 13.0 Å². The molecule has 3 heteroatoms. The minimum absolute atomic E-state index is 0.224. The van der Waals surface area contributed by atoms with Crippen LogP contribution in [0.25, 0.3) is 0 Å². The molecule has 14 heavy (non-hydrogen) atoms. The van der Waals surface area contributed by atoms with Crippen molar-refractivity contribution in [2.24, 2.45) is 0 Å². The Hall–Kier alpha value is -0.830. The summed E-state index contributed by atoms with van der Waals surface area (Å²) >= 11 is 0. The molecule has 0 heterocycles. The van der Waals surface area contributed by atoms with Gasteiger partial charge in [-0.05, 0) is 19.8 Å². The van der Waals surface area contributed by atoms with Crippen molar-refractivity contribution in [2.45, 2.75) is 39.7 Å². The Bertz CT molecular complexity index is 199. The van der Waals surface area contributed by atoms with Crippen molar-refractivity contribution < 1.29 is 9.53 Å². The topological polar surface area (TPSA) is 38.3 Å². The molecule has 0 rings (SSSR count). The second-order valence-electron chi connectivity index (χ2n) is 3.29. The van der Waals surface area contributed by atoms with Gasteiger partial charge in [0.1, 0.15) is 0 Å². The van der Waals surface area contributed by atoms with Gasteiger partial charge in [-0.3, -0.25) is 0 Å². The summed E-state index contributed by atoms with van der Waals surface area (Å²) in [4.78, 5) is 11.2. The Morgan fingerprint density at radius 2 is 2.14 bits per heavy atom. The van der Waals surface area contributed by atoms with Gasteiger partial charge in [0.2, 0.25) is 0 Å². The molecule has 0 saturated carbocycles. The number of carbonyl (C=O) groups is 1. The monoisotopic (exact) mass is 199 g/mol. The summed E-state index contributed by atoms with van der Waals surface area (Å²) < 4.78 is 4.65. The molecule has 0 radical (unpaired) electrons. The lowest BCUT2D eigenvalue weighted by Gasteiger charge is -2.09. The summed E-state index contributed by atoms with van der Waals surface area (Å²) in [6.45, 7) is 6.93. The lowest BCUT2D eigenvalue weighted by atomic mass is 10.2. The van der Waals surface area contributed by atoms with Gasteiger partial charge in [0.15, 0.2) is 0 Å². The Morgan fingerprint density at radius 1 is 1.50 bits per heavy atom. The van der Waals surface area contributed by atoms with Gasteiger partial charge in [0.05, 0.1) is 7.11 Å². The molecule has 1 N–H and O–H groups in total. The molecule has 0 aromatic heterocycles. The van der Waals surface area contributed by atoms with Crippen molar-refractivity contribution in [1.82, 2.24) is 5.32 Å². The van der Waals surface area contributed by atoms with Crippen LogP contribution in [0.1, 0.15) is 33.6 Å². The zero-order valence-corrected chi connectivity index (χ0v) is 9.59. The first kappa shape index (κ1) is 13.2. The van der Waals surface area contributed by atoms with E-state index in [4.69, 9.17) is 0 Å². The van der Waals surface area contributed by atoms with E-state index < -0.39 is 0 Å². The van der Waals surface area contributed by atoms with Crippen molar-refractivity contribution in [3.05, 3.63) is 11.6 Å².